The van der Waals surface area contributed by atoms with Gasteiger partial charge in [0.1, 0.15) is 12.1 Å². The summed E-state index contributed by atoms with van der Waals surface area (Å²) in [5.41, 5.74) is 6.42. The Kier molecular flexibility index (Phi) is 13.1. The van der Waals surface area contributed by atoms with Crippen LogP contribution in [0.3, 0.4) is 0 Å². The Balaban J connectivity index is 0.00000588. The molecule has 1 unspecified atom stereocenters. The number of hydrogen-bond donors (Lipinski definition) is 4. The molecule has 0 saturated carbocycles. The second-order valence-corrected chi connectivity index (χ2v) is 9.89. The molecule has 1 heterocycles. The lowest BCUT2D eigenvalue weighted by molar-refractivity contribution is -0.130. The molecule has 0 spiro atoms. The van der Waals surface area contributed by atoms with Gasteiger partial charge in [-0.15, -0.1) is 0 Å². The van der Waals surface area contributed by atoms with Crippen LogP contribution in [0.4, 0.5) is 5.82 Å². The van der Waals surface area contributed by atoms with E-state index < -0.39 is 29.4 Å². The second kappa shape index (κ2) is 16.3. The summed E-state index contributed by atoms with van der Waals surface area (Å²) in [5.74, 6) is -1.04. The summed E-state index contributed by atoms with van der Waals surface area (Å²) in [6.45, 7) is 4.27. The minimum absolute atomic E-state index is 0. The van der Waals surface area contributed by atoms with Gasteiger partial charge in [0.15, 0.2) is 5.82 Å². The van der Waals surface area contributed by atoms with Gasteiger partial charge in [-0.05, 0) is 31.4 Å². The minimum Gasteiger partial charge on any atom is -0.385 e. The number of carbonyl (C=O) groups excluding carboxylic acids is 3. The standard InChI is InChI=1S/C29H38N6O5.CH4/c1-29(2,30)28(38)33-23(19-40-18-21-11-6-4-7-12-21)26(36)34-24-17-35(20-32-24)25(22-13-8-5-9-14-22)27(37)31-15-10-16-39-3;/h4-9,11-14,17,20,23,25H,10,15-16,18-19,30H2,1-3H3,(H,31,37)(H,33,38)(H,34,36);1H4/t23-,25?;/m1./s1. The first-order valence-corrected chi connectivity index (χ1v) is 13.1. The zero-order chi connectivity index (χ0) is 29.0. The number of methoxy groups -OCH3 is 1. The number of anilines is 1. The van der Waals surface area contributed by atoms with Crippen LogP contribution in [0.2, 0.25) is 0 Å². The molecule has 41 heavy (non-hydrogen) atoms. The van der Waals surface area contributed by atoms with Crippen LogP contribution in [0.5, 0.6) is 0 Å². The summed E-state index contributed by atoms with van der Waals surface area (Å²) >= 11 is 0. The van der Waals surface area contributed by atoms with E-state index in [1.807, 2.05) is 60.7 Å². The van der Waals surface area contributed by atoms with E-state index in [-0.39, 0.29) is 32.4 Å². The van der Waals surface area contributed by atoms with Crippen molar-refractivity contribution in [2.75, 3.05) is 32.2 Å². The van der Waals surface area contributed by atoms with E-state index in [1.54, 1.807) is 31.7 Å². The number of nitrogens with two attached hydrogens (primary N) is 1. The molecule has 2 aromatic carbocycles. The lowest BCUT2D eigenvalue weighted by Crippen LogP contribution is -2.56. The average molecular weight is 567 g/mol. The predicted octanol–water partition coefficient (Wildman–Crippen LogP) is 2.64. The van der Waals surface area contributed by atoms with Gasteiger partial charge in [0.05, 0.1) is 25.1 Å². The molecular weight excluding hydrogens is 524 g/mol. The van der Waals surface area contributed by atoms with Crippen LogP contribution in [0.25, 0.3) is 0 Å². The molecule has 222 valence electrons. The first kappa shape index (κ1) is 33.1. The number of imidazole rings is 1. The molecule has 3 aromatic rings. The van der Waals surface area contributed by atoms with Crippen LogP contribution < -0.4 is 21.7 Å². The normalized spacial score (nSPS) is 12.5. The highest BCUT2D eigenvalue weighted by Gasteiger charge is 2.29. The van der Waals surface area contributed by atoms with E-state index in [4.69, 9.17) is 15.2 Å². The fourth-order valence-electron chi connectivity index (χ4n) is 3.77. The summed E-state index contributed by atoms with van der Waals surface area (Å²) in [6, 6.07) is 17.0. The van der Waals surface area contributed by atoms with Crippen LogP contribution >= 0.6 is 0 Å². The quantitative estimate of drug-likeness (QED) is 0.207. The van der Waals surface area contributed by atoms with Gasteiger partial charge in [-0.25, -0.2) is 4.98 Å². The Labute approximate surface area is 241 Å². The van der Waals surface area contributed by atoms with Crippen molar-refractivity contribution < 1.29 is 23.9 Å². The van der Waals surface area contributed by atoms with E-state index in [1.165, 1.54) is 6.33 Å². The first-order valence-electron chi connectivity index (χ1n) is 13.1. The number of hydrogen-bond acceptors (Lipinski definition) is 7. The zero-order valence-electron chi connectivity index (χ0n) is 23.1. The topological polar surface area (TPSA) is 150 Å². The summed E-state index contributed by atoms with van der Waals surface area (Å²) in [5, 5.41) is 8.30. The third-order valence-corrected chi connectivity index (χ3v) is 5.94. The van der Waals surface area contributed by atoms with Crippen molar-refractivity contribution in [3.63, 3.8) is 0 Å². The molecule has 1 aromatic heterocycles. The van der Waals surface area contributed by atoms with Crippen molar-refractivity contribution in [2.24, 2.45) is 5.73 Å². The van der Waals surface area contributed by atoms with Crippen LogP contribution in [-0.4, -0.2) is 65.7 Å². The van der Waals surface area contributed by atoms with Gasteiger partial charge in [0, 0.05) is 26.5 Å². The summed E-state index contributed by atoms with van der Waals surface area (Å²) < 4.78 is 12.4. The molecule has 3 amide bonds. The largest absolute Gasteiger partial charge is 0.385 e. The Morgan fingerprint density at radius 3 is 2.32 bits per heavy atom. The van der Waals surface area contributed by atoms with Crippen molar-refractivity contribution in [1.29, 1.82) is 0 Å². The number of nitrogens with zero attached hydrogens (tertiary/aromatic N) is 2. The zero-order valence-corrected chi connectivity index (χ0v) is 23.1. The van der Waals surface area contributed by atoms with Gasteiger partial charge < -0.3 is 35.7 Å². The fourth-order valence-corrected chi connectivity index (χ4v) is 3.77. The fraction of sp³-hybridized carbons (Fsp3) is 0.400. The van der Waals surface area contributed by atoms with Crippen LogP contribution in [0.1, 0.15) is 44.9 Å². The van der Waals surface area contributed by atoms with E-state index in [0.717, 1.165) is 11.1 Å². The van der Waals surface area contributed by atoms with Crippen LogP contribution in [0, 0.1) is 0 Å². The third kappa shape index (κ3) is 10.5. The molecule has 3 rings (SSSR count). The van der Waals surface area contributed by atoms with Crippen molar-refractivity contribution in [3.8, 4) is 0 Å². The first-order chi connectivity index (χ1) is 19.2. The second-order valence-electron chi connectivity index (χ2n) is 9.89. The van der Waals surface area contributed by atoms with Crippen molar-refractivity contribution in [1.82, 2.24) is 20.2 Å². The highest BCUT2D eigenvalue weighted by atomic mass is 16.5. The van der Waals surface area contributed by atoms with Crippen molar-refractivity contribution >= 4 is 23.5 Å². The average Bonchev–Trinajstić information content (AvgIpc) is 3.38. The Morgan fingerprint density at radius 2 is 1.68 bits per heavy atom. The van der Waals surface area contributed by atoms with Gasteiger partial charge in [-0.2, -0.15) is 0 Å². The molecule has 0 aliphatic rings. The molecule has 5 N–H and O–H groups in total. The maximum absolute atomic E-state index is 13.2. The SMILES string of the molecule is C.COCCCNC(=O)C(c1ccccc1)n1cnc(NC(=O)[C@@H](COCc2ccccc2)NC(=O)C(C)(C)N)c1. The molecule has 0 fully saturated rings. The molecule has 2 atom stereocenters. The smallest absolute Gasteiger partial charge is 0.250 e. The molecule has 0 radical (unpaired) electrons. The number of rotatable bonds is 15. The maximum atomic E-state index is 13.2. The molecule has 0 aliphatic heterocycles. The van der Waals surface area contributed by atoms with E-state index >= 15 is 0 Å². The van der Waals surface area contributed by atoms with Crippen LogP contribution in [-0.2, 0) is 30.5 Å². The molecule has 0 aliphatic carbocycles. The summed E-state index contributed by atoms with van der Waals surface area (Å²) in [4.78, 5) is 43.2. The molecule has 0 bridgehead atoms. The monoisotopic (exact) mass is 566 g/mol. The van der Waals surface area contributed by atoms with Gasteiger partial charge in [0.2, 0.25) is 11.8 Å². The van der Waals surface area contributed by atoms with Gasteiger partial charge in [-0.1, -0.05) is 68.1 Å². The molecular formula is C30H42N6O5. The van der Waals surface area contributed by atoms with E-state index in [2.05, 4.69) is 20.9 Å². The van der Waals surface area contributed by atoms with Gasteiger partial charge >= 0.3 is 0 Å². The van der Waals surface area contributed by atoms with Gasteiger partial charge in [0.25, 0.3) is 5.91 Å². The van der Waals surface area contributed by atoms with Gasteiger partial charge in [-0.3, -0.25) is 14.4 Å². The van der Waals surface area contributed by atoms with E-state index in [0.29, 0.717) is 19.6 Å². The number of carbonyl (C=O) groups is 3. The summed E-state index contributed by atoms with van der Waals surface area (Å²) in [7, 11) is 1.61. The van der Waals surface area contributed by atoms with Crippen molar-refractivity contribution in [3.05, 3.63) is 84.3 Å². The number of benzene rings is 2. The lowest BCUT2D eigenvalue weighted by atomic mass is 10.1. The summed E-state index contributed by atoms with van der Waals surface area (Å²) in [6.07, 6.45) is 3.72. The molecule has 11 heteroatoms. The maximum Gasteiger partial charge on any atom is 0.250 e. The highest BCUT2D eigenvalue weighted by Crippen LogP contribution is 2.20. The highest BCUT2D eigenvalue weighted by molar-refractivity contribution is 5.98. The lowest BCUT2D eigenvalue weighted by Gasteiger charge is -2.23. The Morgan fingerprint density at radius 1 is 1.02 bits per heavy atom. The Bertz CT molecular complexity index is 1230. The Hall–Kier alpha value is -4.06. The van der Waals surface area contributed by atoms with Crippen molar-refractivity contribution in [2.45, 2.75) is 51.9 Å². The predicted molar refractivity (Wildman–Crippen MR) is 158 cm³/mol. The number of amides is 3. The minimum atomic E-state index is -1.20. The van der Waals surface area contributed by atoms with E-state index in [9.17, 15) is 14.4 Å². The third-order valence-electron chi connectivity index (χ3n) is 5.94. The number of aromatic nitrogens is 2. The molecule has 0 saturated heterocycles. The number of ether oxygens (including phenoxy) is 2. The molecule has 11 nitrogen and oxygen atoms in total. The number of nitrogens with one attached hydrogen (secondary N) is 3. The van der Waals surface area contributed by atoms with Crippen LogP contribution in [0.15, 0.2) is 73.2 Å².